The molecule has 1 aromatic rings. The molecule has 4 nitrogen and oxygen atoms in total. The SMILES string of the molecule is Cc1ccc(C#N)c(C2(O)CC3COCC(C2)N3)c1. The van der Waals surface area contributed by atoms with Crippen molar-refractivity contribution in [3.8, 4) is 6.07 Å². The number of aliphatic hydroxyl groups is 1. The maximum Gasteiger partial charge on any atom is 0.0995 e. The van der Waals surface area contributed by atoms with Crippen molar-refractivity contribution in [2.45, 2.75) is 37.5 Å². The van der Waals surface area contributed by atoms with Crippen molar-refractivity contribution in [1.82, 2.24) is 5.32 Å². The number of nitriles is 1. The van der Waals surface area contributed by atoms with Crippen molar-refractivity contribution in [3.63, 3.8) is 0 Å². The molecule has 0 aliphatic carbocycles. The van der Waals surface area contributed by atoms with Gasteiger partial charge < -0.3 is 15.2 Å². The molecule has 0 saturated carbocycles. The number of nitrogens with zero attached hydrogens (tertiary/aromatic N) is 1. The minimum atomic E-state index is -0.915. The molecule has 2 bridgehead atoms. The van der Waals surface area contributed by atoms with Gasteiger partial charge in [-0.1, -0.05) is 17.7 Å². The van der Waals surface area contributed by atoms with Crippen molar-refractivity contribution >= 4 is 0 Å². The van der Waals surface area contributed by atoms with Crippen molar-refractivity contribution in [2.24, 2.45) is 0 Å². The maximum atomic E-state index is 11.0. The van der Waals surface area contributed by atoms with Gasteiger partial charge in [0.15, 0.2) is 0 Å². The van der Waals surface area contributed by atoms with Gasteiger partial charge in [-0.25, -0.2) is 0 Å². The predicted octanol–water partition coefficient (Wildman–Crippen LogP) is 1.21. The van der Waals surface area contributed by atoms with E-state index in [9.17, 15) is 10.4 Å². The first-order valence-electron chi connectivity index (χ1n) is 6.68. The minimum Gasteiger partial charge on any atom is -0.385 e. The number of fused-ring (bicyclic) bond motifs is 2. The van der Waals surface area contributed by atoms with Gasteiger partial charge in [0, 0.05) is 17.6 Å². The van der Waals surface area contributed by atoms with Gasteiger partial charge in [-0.2, -0.15) is 5.26 Å². The predicted molar refractivity (Wildman–Crippen MR) is 70.6 cm³/mol. The fourth-order valence-corrected chi connectivity index (χ4v) is 3.28. The number of hydrogen-bond donors (Lipinski definition) is 2. The van der Waals surface area contributed by atoms with Gasteiger partial charge in [-0.3, -0.25) is 0 Å². The molecule has 1 aromatic carbocycles. The van der Waals surface area contributed by atoms with Crippen LogP contribution >= 0.6 is 0 Å². The Morgan fingerprint density at radius 2 is 2.05 bits per heavy atom. The Morgan fingerprint density at radius 3 is 2.68 bits per heavy atom. The first-order chi connectivity index (χ1) is 9.10. The summed E-state index contributed by atoms with van der Waals surface area (Å²) in [6, 6.07) is 8.20. The standard InChI is InChI=1S/C15H18N2O2/c1-10-2-3-11(7-16)14(4-10)15(18)5-12-8-19-9-13(6-15)17-12/h2-4,12-13,17-18H,5-6,8-9H2,1H3. The monoisotopic (exact) mass is 258 g/mol. The summed E-state index contributed by atoms with van der Waals surface area (Å²) < 4.78 is 5.51. The highest BCUT2D eigenvalue weighted by molar-refractivity contribution is 5.44. The molecule has 2 unspecified atom stereocenters. The highest BCUT2D eigenvalue weighted by atomic mass is 16.5. The minimum absolute atomic E-state index is 0.171. The third-order valence-electron chi connectivity index (χ3n) is 4.07. The van der Waals surface area contributed by atoms with Crippen molar-refractivity contribution < 1.29 is 9.84 Å². The summed E-state index contributed by atoms with van der Waals surface area (Å²) in [5.41, 5.74) is 1.51. The lowest BCUT2D eigenvalue weighted by atomic mass is 9.76. The molecule has 0 radical (unpaired) electrons. The van der Waals surface area contributed by atoms with Crippen LogP contribution in [0.5, 0.6) is 0 Å². The molecule has 2 atom stereocenters. The summed E-state index contributed by atoms with van der Waals surface area (Å²) in [5.74, 6) is 0. The zero-order chi connectivity index (χ0) is 13.5. The third kappa shape index (κ3) is 2.25. The van der Waals surface area contributed by atoms with Crippen molar-refractivity contribution in [1.29, 1.82) is 5.26 Å². The molecule has 100 valence electrons. The number of benzene rings is 1. The molecule has 0 spiro atoms. The Balaban J connectivity index is 2.00. The molecule has 19 heavy (non-hydrogen) atoms. The van der Waals surface area contributed by atoms with Gasteiger partial charge in [-0.15, -0.1) is 0 Å². The summed E-state index contributed by atoms with van der Waals surface area (Å²) in [6.07, 6.45) is 1.20. The van der Waals surface area contributed by atoms with Gasteiger partial charge in [0.25, 0.3) is 0 Å². The highest BCUT2D eigenvalue weighted by Crippen LogP contribution is 2.38. The van der Waals surface area contributed by atoms with E-state index in [0.717, 1.165) is 11.1 Å². The van der Waals surface area contributed by atoms with E-state index in [1.165, 1.54) is 0 Å². The average molecular weight is 258 g/mol. The molecule has 0 amide bonds. The van der Waals surface area contributed by atoms with Gasteiger partial charge in [0.1, 0.15) is 0 Å². The Bertz CT molecular complexity index is 523. The molecule has 2 heterocycles. The highest BCUT2D eigenvalue weighted by Gasteiger charge is 2.43. The summed E-state index contributed by atoms with van der Waals surface area (Å²) in [6.45, 7) is 3.25. The Morgan fingerprint density at radius 1 is 1.37 bits per heavy atom. The van der Waals surface area contributed by atoms with Crippen LogP contribution in [0.4, 0.5) is 0 Å². The zero-order valence-electron chi connectivity index (χ0n) is 11.0. The maximum absolute atomic E-state index is 11.0. The van der Waals surface area contributed by atoms with E-state index >= 15 is 0 Å². The van der Waals surface area contributed by atoms with Crippen LogP contribution in [-0.4, -0.2) is 30.4 Å². The zero-order valence-corrected chi connectivity index (χ0v) is 11.0. The number of morpholine rings is 1. The fourth-order valence-electron chi connectivity index (χ4n) is 3.28. The molecule has 2 saturated heterocycles. The van der Waals surface area contributed by atoms with E-state index in [1.807, 2.05) is 19.1 Å². The van der Waals surface area contributed by atoms with Gasteiger partial charge >= 0.3 is 0 Å². The lowest BCUT2D eigenvalue weighted by Gasteiger charge is -2.45. The Kier molecular flexibility index (Phi) is 3.06. The van der Waals surface area contributed by atoms with Crippen LogP contribution in [0.2, 0.25) is 0 Å². The third-order valence-corrected chi connectivity index (χ3v) is 4.07. The van der Waals surface area contributed by atoms with E-state index in [2.05, 4.69) is 11.4 Å². The molecule has 2 fully saturated rings. The molecule has 4 heteroatoms. The van der Waals surface area contributed by atoms with Gasteiger partial charge in [0.2, 0.25) is 0 Å². The molecule has 2 aliphatic rings. The molecular formula is C15H18N2O2. The number of hydrogen-bond acceptors (Lipinski definition) is 4. The van der Waals surface area contributed by atoms with Crippen LogP contribution in [0.3, 0.4) is 0 Å². The van der Waals surface area contributed by atoms with Crippen LogP contribution < -0.4 is 5.32 Å². The fraction of sp³-hybridized carbons (Fsp3) is 0.533. The average Bonchev–Trinajstić information content (AvgIpc) is 2.38. The second-order valence-electron chi connectivity index (χ2n) is 5.70. The van der Waals surface area contributed by atoms with E-state index in [0.29, 0.717) is 31.6 Å². The molecule has 2 N–H and O–H groups in total. The van der Waals surface area contributed by atoms with Crippen molar-refractivity contribution in [2.75, 3.05) is 13.2 Å². The summed E-state index contributed by atoms with van der Waals surface area (Å²) in [5, 5.41) is 23.8. The normalized spacial score (nSPS) is 33.7. The van der Waals surface area contributed by atoms with Crippen molar-refractivity contribution in [3.05, 3.63) is 34.9 Å². The molecule has 3 rings (SSSR count). The van der Waals surface area contributed by atoms with Crippen LogP contribution in [0, 0.1) is 18.3 Å². The largest absolute Gasteiger partial charge is 0.385 e. The molecule has 0 aromatic heterocycles. The molecule has 2 aliphatic heterocycles. The Hall–Kier alpha value is -1.41. The lowest BCUT2D eigenvalue weighted by molar-refractivity contribution is -0.0803. The van der Waals surface area contributed by atoms with E-state index in [4.69, 9.17) is 4.74 Å². The summed E-state index contributed by atoms with van der Waals surface area (Å²) in [7, 11) is 0. The summed E-state index contributed by atoms with van der Waals surface area (Å²) in [4.78, 5) is 0. The van der Waals surface area contributed by atoms with Crippen LogP contribution in [0.25, 0.3) is 0 Å². The number of ether oxygens (including phenoxy) is 1. The Labute approximate surface area is 113 Å². The topological polar surface area (TPSA) is 65.3 Å². The quantitative estimate of drug-likeness (QED) is 0.794. The van der Waals surface area contributed by atoms with Crippen LogP contribution in [0.1, 0.15) is 29.5 Å². The van der Waals surface area contributed by atoms with E-state index < -0.39 is 5.60 Å². The summed E-state index contributed by atoms with van der Waals surface area (Å²) >= 11 is 0. The van der Waals surface area contributed by atoms with Gasteiger partial charge in [0.05, 0.1) is 30.4 Å². The second kappa shape index (κ2) is 4.61. The first kappa shape index (κ1) is 12.6. The first-order valence-corrected chi connectivity index (χ1v) is 6.68. The number of piperidine rings is 1. The smallest absolute Gasteiger partial charge is 0.0995 e. The van der Waals surface area contributed by atoms with Gasteiger partial charge in [-0.05, 0) is 25.8 Å². The van der Waals surface area contributed by atoms with E-state index in [1.54, 1.807) is 6.07 Å². The van der Waals surface area contributed by atoms with Crippen LogP contribution in [0.15, 0.2) is 18.2 Å². The number of nitrogens with one attached hydrogen (secondary N) is 1. The number of aryl methyl sites for hydroxylation is 1. The van der Waals surface area contributed by atoms with E-state index in [-0.39, 0.29) is 12.1 Å². The second-order valence-corrected chi connectivity index (χ2v) is 5.70. The lowest BCUT2D eigenvalue weighted by Crippen LogP contribution is -2.58. The number of rotatable bonds is 1. The molecular weight excluding hydrogens is 240 g/mol. The van der Waals surface area contributed by atoms with Crippen LogP contribution in [-0.2, 0) is 10.3 Å².